The molecule has 162 valence electrons. The monoisotopic (exact) mass is 427 g/mol. The first-order chi connectivity index (χ1) is 14.0. The molecule has 2 aliphatic rings. The number of halogens is 1. The summed E-state index contributed by atoms with van der Waals surface area (Å²) in [5.74, 6) is -0.193. The fourth-order valence-corrected chi connectivity index (χ4v) is 3.81. The number of nitrogens with zero attached hydrogens (tertiary/aromatic N) is 1. The van der Waals surface area contributed by atoms with Crippen molar-refractivity contribution in [3.8, 4) is 0 Å². The Labute approximate surface area is 176 Å². The van der Waals surface area contributed by atoms with Crippen LogP contribution in [0.1, 0.15) is 12.0 Å². The Balaban J connectivity index is 1.36. The molecule has 2 aliphatic heterocycles. The van der Waals surface area contributed by atoms with E-state index < -0.39 is 24.4 Å². The summed E-state index contributed by atoms with van der Waals surface area (Å²) >= 11 is 5.97. The van der Waals surface area contributed by atoms with Crippen molar-refractivity contribution in [1.82, 2.24) is 15.5 Å². The Kier molecular flexibility index (Phi) is 8.68. The maximum absolute atomic E-state index is 12.2. The number of hydrogen-bond donors (Lipinski definition) is 4. The van der Waals surface area contributed by atoms with E-state index in [0.29, 0.717) is 24.7 Å². The van der Waals surface area contributed by atoms with E-state index in [1.165, 1.54) is 0 Å². The molecule has 9 heteroatoms. The normalized spacial score (nSPS) is 27.8. The van der Waals surface area contributed by atoms with E-state index in [-0.39, 0.29) is 12.3 Å². The van der Waals surface area contributed by atoms with Gasteiger partial charge in [-0.2, -0.15) is 0 Å². The van der Waals surface area contributed by atoms with Crippen LogP contribution in [-0.2, 0) is 20.8 Å². The summed E-state index contributed by atoms with van der Waals surface area (Å²) in [6.45, 7) is 5.42. The second kappa shape index (κ2) is 11.2. The standard InChI is InChI=1S/C20H30ClN3O5/c21-15-3-1-2-14(10-15)12-22-13-17-20(27)19(26)16(29-17)11-18(25)23-4-5-24-6-8-28-9-7-24/h1-3,10,16-17,19-20,22,26-27H,4-9,11-13H2,(H,23,25)/t16-,17+,19-,20+/m0/s1. The van der Waals surface area contributed by atoms with Crippen molar-refractivity contribution in [3.05, 3.63) is 34.9 Å². The van der Waals surface area contributed by atoms with Crippen LogP contribution in [0.2, 0.25) is 5.02 Å². The van der Waals surface area contributed by atoms with Gasteiger partial charge in [0, 0.05) is 44.3 Å². The minimum Gasteiger partial charge on any atom is -0.388 e. The van der Waals surface area contributed by atoms with E-state index in [9.17, 15) is 15.0 Å². The van der Waals surface area contributed by atoms with Crippen LogP contribution in [0.4, 0.5) is 0 Å². The van der Waals surface area contributed by atoms with Gasteiger partial charge in [0.1, 0.15) is 12.2 Å². The summed E-state index contributed by atoms with van der Waals surface area (Å²) < 4.78 is 11.0. The van der Waals surface area contributed by atoms with Gasteiger partial charge >= 0.3 is 0 Å². The molecule has 0 unspecified atom stereocenters. The fraction of sp³-hybridized carbons (Fsp3) is 0.650. The van der Waals surface area contributed by atoms with Crippen LogP contribution < -0.4 is 10.6 Å². The first kappa shape index (κ1) is 22.4. The SMILES string of the molecule is O=C(C[C@@H]1O[C@H](CNCc2cccc(Cl)c2)[C@@H](O)[C@H]1O)NCCN1CCOCC1. The average Bonchev–Trinajstić information content (AvgIpc) is 2.97. The highest BCUT2D eigenvalue weighted by Gasteiger charge is 2.43. The molecule has 0 aromatic heterocycles. The Morgan fingerprint density at radius 2 is 1.97 bits per heavy atom. The molecule has 0 radical (unpaired) electrons. The van der Waals surface area contributed by atoms with Crippen LogP contribution in [-0.4, -0.2) is 91.4 Å². The Morgan fingerprint density at radius 1 is 1.21 bits per heavy atom. The molecule has 2 heterocycles. The number of amides is 1. The molecule has 1 amide bonds. The van der Waals surface area contributed by atoms with E-state index in [1.807, 2.05) is 24.3 Å². The predicted octanol–water partition coefficient (Wildman–Crippen LogP) is -0.243. The molecule has 2 fully saturated rings. The zero-order valence-electron chi connectivity index (χ0n) is 16.4. The molecule has 1 aromatic rings. The first-order valence-corrected chi connectivity index (χ1v) is 10.4. The summed E-state index contributed by atoms with van der Waals surface area (Å²) in [7, 11) is 0. The average molecular weight is 428 g/mol. The van der Waals surface area contributed by atoms with Gasteiger partial charge in [-0.3, -0.25) is 9.69 Å². The van der Waals surface area contributed by atoms with E-state index >= 15 is 0 Å². The molecule has 29 heavy (non-hydrogen) atoms. The highest BCUT2D eigenvalue weighted by Crippen LogP contribution is 2.23. The van der Waals surface area contributed by atoms with Gasteiger partial charge in [0.25, 0.3) is 0 Å². The van der Waals surface area contributed by atoms with Crippen molar-refractivity contribution in [2.24, 2.45) is 0 Å². The highest BCUT2D eigenvalue weighted by molar-refractivity contribution is 6.30. The minimum atomic E-state index is -1.09. The summed E-state index contributed by atoms with van der Waals surface area (Å²) in [5, 5.41) is 27.2. The van der Waals surface area contributed by atoms with E-state index in [0.717, 1.165) is 38.4 Å². The zero-order chi connectivity index (χ0) is 20.6. The molecular weight excluding hydrogens is 398 g/mol. The predicted molar refractivity (Wildman–Crippen MR) is 109 cm³/mol. The lowest BCUT2D eigenvalue weighted by atomic mass is 10.1. The lowest BCUT2D eigenvalue weighted by Gasteiger charge is -2.26. The summed E-state index contributed by atoms with van der Waals surface area (Å²) in [5.41, 5.74) is 1.02. The van der Waals surface area contributed by atoms with Gasteiger partial charge in [-0.15, -0.1) is 0 Å². The second-order valence-electron chi connectivity index (χ2n) is 7.46. The number of carbonyl (C=O) groups excluding carboxylic acids is 1. The largest absolute Gasteiger partial charge is 0.388 e. The lowest BCUT2D eigenvalue weighted by Crippen LogP contribution is -2.42. The third-order valence-electron chi connectivity index (χ3n) is 5.27. The van der Waals surface area contributed by atoms with Crippen molar-refractivity contribution >= 4 is 17.5 Å². The Bertz CT molecular complexity index is 659. The first-order valence-electron chi connectivity index (χ1n) is 10.1. The molecular formula is C20H30ClN3O5. The third kappa shape index (κ3) is 6.89. The fourth-order valence-electron chi connectivity index (χ4n) is 3.60. The Hall–Kier alpha value is -1.26. The van der Waals surface area contributed by atoms with Gasteiger partial charge in [0.15, 0.2) is 0 Å². The number of ether oxygens (including phenoxy) is 2. The molecule has 4 atom stereocenters. The summed E-state index contributed by atoms with van der Waals surface area (Å²) in [6, 6.07) is 7.49. The molecule has 0 aliphatic carbocycles. The molecule has 0 spiro atoms. The van der Waals surface area contributed by atoms with Gasteiger partial charge in [0.05, 0.1) is 31.8 Å². The molecule has 0 saturated carbocycles. The van der Waals surface area contributed by atoms with Crippen molar-refractivity contribution in [1.29, 1.82) is 0 Å². The zero-order valence-corrected chi connectivity index (χ0v) is 17.2. The van der Waals surface area contributed by atoms with Crippen LogP contribution in [0.3, 0.4) is 0 Å². The van der Waals surface area contributed by atoms with Crippen LogP contribution in [0, 0.1) is 0 Å². The van der Waals surface area contributed by atoms with Crippen LogP contribution in [0.5, 0.6) is 0 Å². The van der Waals surface area contributed by atoms with Gasteiger partial charge in [0.2, 0.25) is 5.91 Å². The van der Waals surface area contributed by atoms with Crippen molar-refractivity contribution in [2.45, 2.75) is 37.4 Å². The number of aliphatic hydroxyl groups excluding tert-OH is 2. The van der Waals surface area contributed by atoms with Crippen LogP contribution in [0.15, 0.2) is 24.3 Å². The smallest absolute Gasteiger partial charge is 0.222 e. The van der Waals surface area contributed by atoms with E-state index in [1.54, 1.807) is 0 Å². The molecule has 2 saturated heterocycles. The molecule has 0 bridgehead atoms. The topological polar surface area (TPSA) is 103 Å². The van der Waals surface area contributed by atoms with Gasteiger partial charge < -0.3 is 30.3 Å². The van der Waals surface area contributed by atoms with Crippen molar-refractivity contribution < 1.29 is 24.5 Å². The lowest BCUT2D eigenvalue weighted by molar-refractivity contribution is -0.125. The molecule has 1 aromatic carbocycles. The van der Waals surface area contributed by atoms with Crippen LogP contribution in [0.25, 0.3) is 0 Å². The minimum absolute atomic E-state index is 0.0200. The van der Waals surface area contributed by atoms with E-state index in [4.69, 9.17) is 21.1 Å². The number of carbonyl (C=O) groups is 1. The van der Waals surface area contributed by atoms with Crippen molar-refractivity contribution in [3.63, 3.8) is 0 Å². The Morgan fingerprint density at radius 3 is 2.72 bits per heavy atom. The quantitative estimate of drug-likeness (QED) is 0.431. The highest BCUT2D eigenvalue weighted by atomic mass is 35.5. The molecule has 3 rings (SSSR count). The van der Waals surface area contributed by atoms with Gasteiger partial charge in [-0.1, -0.05) is 23.7 Å². The van der Waals surface area contributed by atoms with Crippen LogP contribution >= 0.6 is 11.6 Å². The van der Waals surface area contributed by atoms with Gasteiger partial charge in [-0.25, -0.2) is 0 Å². The molecule has 8 nitrogen and oxygen atoms in total. The number of hydrogen-bond acceptors (Lipinski definition) is 7. The molecule has 4 N–H and O–H groups in total. The number of rotatable bonds is 9. The maximum Gasteiger partial charge on any atom is 0.222 e. The maximum atomic E-state index is 12.2. The number of aliphatic hydroxyl groups is 2. The van der Waals surface area contributed by atoms with E-state index in [2.05, 4.69) is 15.5 Å². The summed E-state index contributed by atoms with van der Waals surface area (Å²) in [4.78, 5) is 14.4. The van der Waals surface area contributed by atoms with Crippen molar-refractivity contribution in [2.75, 3.05) is 45.9 Å². The van der Waals surface area contributed by atoms with Gasteiger partial charge in [-0.05, 0) is 17.7 Å². The third-order valence-corrected chi connectivity index (χ3v) is 5.50. The number of benzene rings is 1. The summed E-state index contributed by atoms with van der Waals surface area (Å²) in [6.07, 6.45) is -3.39. The number of morpholine rings is 1. The number of nitrogens with one attached hydrogen (secondary N) is 2. The second-order valence-corrected chi connectivity index (χ2v) is 7.90.